The first-order valence-electron chi connectivity index (χ1n) is 10.3. The molecule has 30 heavy (non-hydrogen) atoms. The molecule has 1 fully saturated rings. The zero-order valence-corrected chi connectivity index (χ0v) is 19.2. The fourth-order valence-corrected chi connectivity index (χ4v) is 6.39. The average Bonchev–Trinajstić information content (AvgIpc) is 2.74. The Bertz CT molecular complexity index is 971. The highest BCUT2D eigenvalue weighted by Crippen LogP contribution is 2.39. The molecule has 0 amide bonds. The number of ether oxygens (including phenoxy) is 1. The first kappa shape index (κ1) is 22.8. The van der Waals surface area contributed by atoms with Crippen LogP contribution < -0.4 is 4.74 Å². The zero-order valence-electron chi connectivity index (χ0n) is 17.5. The third-order valence-electron chi connectivity index (χ3n) is 5.90. The van der Waals surface area contributed by atoms with Crippen LogP contribution in [0.5, 0.6) is 5.75 Å². The Labute approximate surface area is 184 Å². The summed E-state index contributed by atoms with van der Waals surface area (Å²) in [5.41, 5.74) is 1.02. The second-order valence-corrected chi connectivity index (χ2v) is 10.2. The van der Waals surface area contributed by atoms with Gasteiger partial charge >= 0.3 is 0 Å². The van der Waals surface area contributed by atoms with Crippen molar-refractivity contribution in [2.24, 2.45) is 0 Å². The minimum atomic E-state index is -3.79. The molecule has 1 unspecified atom stereocenters. The summed E-state index contributed by atoms with van der Waals surface area (Å²) in [4.78, 5) is 13.0. The van der Waals surface area contributed by atoms with E-state index in [1.165, 1.54) is 4.31 Å². The molecular weight excluding hydrogens is 418 g/mol. The molecule has 0 spiro atoms. The number of hydrogen-bond donors (Lipinski definition) is 1. The van der Waals surface area contributed by atoms with Crippen molar-refractivity contribution in [3.63, 3.8) is 0 Å². The predicted molar refractivity (Wildman–Crippen MR) is 122 cm³/mol. The van der Waals surface area contributed by atoms with E-state index < -0.39 is 15.6 Å². The Morgan fingerprint density at radius 2 is 1.77 bits per heavy atom. The molecule has 0 N–H and O–H groups in total. The van der Waals surface area contributed by atoms with Crippen LogP contribution in [-0.4, -0.2) is 37.0 Å². The lowest BCUT2D eigenvalue weighted by molar-refractivity contribution is -0.121. The molecule has 1 heterocycles. The third kappa shape index (κ3) is 4.74. The van der Waals surface area contributed by atoms with Gasteiger partial charge in [0, 0.05) is 6.54 Å². The van der Waals surface area contributed by atoms with Gasteiger partial charge in [-0.25, -0.2) is 8.42 Å². The number of sulfonamides is 1. The molecule has 3 rings (SSSR count). The van der Waals surface area contributed by atoms with Gasteiger partial charge in [-0.2, -0.15) is 4.31 Å². The van der Waals surface area contributed by atoms with E-state index in [2.05, 4.69) is 12.6 Å². The SMILES string of the molecule is COc1ccc(CCCC2(C(=O)S)CCCCN2S(=O)(=O)c2ccc(C)cc2)cc1. The number of aryl methyl sites for hydroxylation is 2. The van der Waals surface area contributed by atoms with Crippen molar-refractivity contribution in [3.05, 3.63) is 59.7 Å². The molecule has 1 saturated heterocycles. The van der Waals surface area contributed by atoms with Gasteiger partial charge in [-0.05, 0) is 75.3 Å². The van der Waals surface area contributed by atoms with Crippen molar-refractivity contribution in [2.75, 3.05) is 13.7 Å². The van der Waals surface area contributed by atoms with E-state index in [1.54, 1.807) is 31.4 Å². The summed E-state index contributed by atoms with van der Waals surface area (Å²) >= 11 is 4.17. The number of benzene rings is 2. The van der Waals surface area contributed by atoms with Gasteiger partial charge in [0.25, 0.3) is 0 Å². The van der Waals surface area contributed by atoms with Gasteiger partial charge in [0.1, 0.15) is 11.3 Å². The van der Waals surface area contributed by atoms with Crippen LogP contribution in [0.15, 0.2) is 53.4 Å². The predicted octanol–water partition coefficient (Wildman–Crippen LogP) is 4.40. The van der Waals surface area contributed by atoms with Crippen LogP contribution in [0, 0.1) is 6.92 Å². The molecule has 1 aliphatic heterocycles. The van der Waals surface area contributed by atoms with E-state index in [9.17, 15) is 13.2 Å². The fourth-order valence-electron chi connectivity index (χ4n) is 4.15. The second kappa shape index (κ2) is 9.54. The Morgan fingerprint density at radius 1 is 1.10 bits per heavy atom. The lowest BCUT2D eigenvalue weighted by Gasteiger charge is -2.44. The van der Waals surface area contributed by atoms with Crippen molar-refractivity contribution in [1.82, 2.24) is 4.31 Å². The van der Waals surface area contributed by atoms with Crippen LogP contribution >= 0.6 is 12.6 Å². The standard InChI is InChI=1S/C23H29NO4S2/c1-18-7-13-21(14-8-18)30(26,27)24-17-4-3-15-23(24,22(25)29)16-5-6-19-9-11-20(28-2)12-10-19/h7-14H,3-6,15-17H2,1-2H3,(H,25,29). The molecule has 0 aromatic heterocycles. The van der Waals surface area contributed by atoms with Crippen LogP contribution in [0.4, 0.5) is 0 Å². The molecule has 2 aromatic carbocycles. The van der Waals surface area contributed by atoms with E-state index >= 15 is 0 Å². The Hall–Kier alpha value is -1.83. The summed E-state index contributed by atoms with van der Waals surface area (Å²) in [5.74, 6) is 0.795. The molecule has 0 saturated carbocycles. The Morgan fingerprint density at radius 3 is 2.37 bits per heavy atom. The first-order chi connectivity index (χ1) is 14.3. The number of methoxy groups -OCH3 is 1. The van der Waals surface area contributed by atoms with Crippen molar-refractivity contribution >= 4 is 27.8 Å². The maximum atomic E-state index is 13.4. The minimum absolute atomic E-state index is 0.226. The highest BCUT2D eigenvalue weighted by atomic mass is 32.2. The minimum Gasteiger partial charge on any atom is -0.497 e. The molecule has 2 aromatic rings. The number of piperidine rings is 1. The van der Waals surface area contributed by atoms with Crippen LogP contribution in [0.25, 0.3) is 0 Å². The van der Waals surface area contributed by atoms with Crippen LogP contribution in [-0.2, 0) is 21.2 Å². The van der Waals surface area contributed by atoms with Crippen molar-refractivity contribution in [3.8, 4) is 5.75 Å². The quantitative estimate of drug-likeness (QED) is 0.610. The number of rotatable bonds is 8. The lowest BCUT2D eigenvalue weighted by Crippen LogP contribution is -2.58. The average molecular weight is 448 g/mol. The van der Waals surface area contributed by atoms with Gasteiger partial charge in [-0.15, -0.1) is 12.6 Å². The van der Waals surface area contributed by atoms with Gasteiger partial charge < -0.3 is 4.74 Å². The number of hydrogen-bond acceptors (Lipinski definition) is 4. The highest BCUT2D eigenvalue weighted by Gasteiger charge is 2.49. The summed E-state index contributed by atoms with van der Waals surface area (Å²) in [6.07, 6.45) is 3.96. The van der Waals surface area contributed by atoms with Crippen LogP contribution in [0.2, 0.25) is 0 Å². The van der Waals surface area contributed by atoms with E-state index in [0.717, 1.165) is 36.1 Å². The Balaban J connectivity index is 1.83. The van der Waals surface area contributed by atoms with Gasteiger partial charge in [0.15, 0.2) is 0 Å². The summed E-state index contributed by atoms with van der Waals surface area (Å²) in [6, 6.07) is 14.6. The highest BCUT2D eigenvalue weighted by molar-refractivity contribution is 7.97. The topological polar surface area (TPSA) is 63.7 Å². The third-order valence-corrected chi connectivity index (χ3v) is 8.30. The van der Waals surface area contributed by atoms with Gasteiger partial charge in [-0.1, -0.05) is 29.8 Å². The van der Waals surface area contributed by atoms with E-state index in [-0.39, 0.29) is 10.0 Å². The van der Waals surface area contributed by atoms with E-state index in [0.29, 0.717) is 25.8 Å². The van der Waals surface area contributed by atoms with Crippen molar-refractivity contribution in [1.29, 1.82) is 0 Å². The molecule has 162 valence electrons. The fraction of sp³-hybridized carbons (Fsp3) is 0.435. The molecule has 7 heteroatoms. The molecule has 0 radical (unpaired) electrons. The molecular formula is C23H29NO4S2. The molecule has 0 bridgehead atoms. The van der Waals surface area contributed by atoms with Gasteiger partial charge in [-0.3, -0.25) is 4.79 Å². The zero-order chi connectivity index (χ0) is 21.8. The molecule has 0 aliphatic carbocycles. The number of thiol groups is 1. The second-order valence-electron chi connectivity index (χ2n) is 7.89. The summed E-state index contributed by atoms with van der Waals surface area (Å²) in [5, 5.41) is -0.368. The number of carbonyl (C=O) groups excluding carboxylic acids is 1. The van der Waals surface area contributed by atoms with Crippen molar-refractivity contribution < 1.29 is 17.9 Å². The van der Waals surface area contributed by atoms with Crippen LogP contribution in [0.1, 0.15) is 43.2 Å². The van der Waals surface area contributed by atoms with E-state index in [1.807, 2.05) is 31.2 Å². The summed E-state index contributed by atoms with van der Waals surface area (Å²) in [6.45, 7) is 2.25. The maximum Gasteiger partial charge on any atom is 0.244 e. The smallest absolute Gasteiger partial charge is 0.244 e. The van der Waals surface area contributed by atoms with Crippen molar-refractivity contribution in [2.45, 2.75) is 55.9 Å². The summed E-state index contributed by atoms with van der Waals surface area (Å²) < 4.78 is 33.5. The molecule has 1 aliphatic rings. The molecule has 1 atom stereocenters. The van der Waals surface area contributed by atoms with Gasteiger partial charge in [0.05, 0.1) is 12.0 Å². The lowest BCUT2D eigenvalue weighted by atomic mass is 9.84. The Kier molecular flexibility index (Phi) is 7.26. The normalized spacial score (nSPS) is 20.1. The van der Waals surface area contributed by atoms with E-state index in [4.69, 9.17) is 4.74 Å². The largest absolute Gasteiger partial charge is 0.497 e. The molecule has 5 nitrogen and oxygen atoms in total. The number of nitrogens with zero attached hydrogens (tertiary/aromatic N) is 1. The number of carbonyl (C=O) groups is 1. The first-order valence-corrected chi connectivity index (χ1v) is 12.1. The summed E-state index contributed by atoms with van der Waals surface area (Å²) in [7, 11) is -2.16. The van der Waals surface area contributed by atoms with Gasteiger partial charge in [0.2, 0.25) is 15.1 Å². The maximum absolute atomic E-state index is 13.4. The monoisotopic (exact) mass is 447 g/mol. The van der Waals surface area contributed by atoms with Crippen LogP contribution in [0.3, 0.4) is 0 Å².